The molecule has 1 aliphatic rings. The van der Waals surface area contributed by atoms with Crippen LogP contribution in [0.1, 0.15) is 47.7 Å². The Balaban J connectivity index is 2.11. The number of aryl methyl sites for hydroxylation is 1. The second kappa shape index (κ2) is 6.31. The maximum Gasteiger partial charge on any atom is 0.164 e. The first kappa shape index (κ1) is 14.2. The number of ketones is 1. The van der Waals surface area contributed by atoms with Crippen molar-refractivity contribution in [3.05, 3.63) is 34.9 Å². The zero-order valence-electron chi connectivity index (χ0n) is 12.0. The molecule has 1 saturated heterocycles. The van der Waals surface area contributed by atoms with Crippen molar-refractivity contribution >= 4 is 5.78 Å². The van der Waals surface area contributed by atoms with Crippen LogP contribution in [0.25, 0.3) is 0 Å². The van der Waals surface area contributed by atoms with Crippen LogP contribution in [0.3, 0.4) is 0 Å². The van der Waals surface area contributed by atoms with Crippen molar-refractivity contribution in [2.75, 3.05) is 19.8 Å². The van der Waals surface area contributed by atoms with E-state index in [0.717, 1.165) is 24.3 Å². The van der Waals surface area contributed by atoms with Crippen LogP contribution in [0.2, 0.25) is 0 Å². The first-order valence-electron chi connectivity index (χ1n) is 7.03. The van der Waals surface area contributed by atoms with Crippen molar-refractivity contribution in [2.45, 2.75) is 39.2 Å². The number of carbonyl (C=O) groups is 1. The minimum absolute atomic E-state index is 0.156. The van der Waals surface area contributed by atoms with Gasteiger partial charge in [0, 0.05) is 24.6 Å². The Bertz CT molecular complexity index is 448. The van der Waals surface area contributed by atoms with Gasteiger partial charge in [-0.15, -0.1) is 0 Å². The number of nitrogens with one attached hydrogen (secondary N) is 1. The van der Waals surface area contributed by atoms with Crippen LogP contribution in [0.4, 0.5) is 0 Å². The van der Waals surface area contributed by atoms with Gasteiger partial charge >= 0.3 is 0 Å². The van der Waals surface area contributed by atoms with Crippen molar-refractivity contribution in [2.24, 2.45) is 0 Å². The molecule has 0 amide bonds. The lowest BCUT2D eigenvalue weighted by Crippen LogP contribution is -2.42. The normalized spacial score (nSPS) is 19.7. The Labute approximate surface area is 115 Å². The van der Waals surface area contributed by atoms with Crippen molar-refractivity contribution in [3.8, 4) is 0 Å². The van der Waals surface area contributed by atoms with Gasteiger partial charge < -0.3 is 10.1 Å². The van der Waals surface area contributed by atoms with E-state index in [1.54, 1.807) is 0 Å². The summed E-state index contributed by atoms with van der Waals surface area (Å²) in [5.41, 5.74) is 3.14. The molecule has 2 rings (SSSR count). The molecule has 3 nitrogen and oxygen atoms in total. The molecule has 0 bridgehead atoms. The van der Waals surface area contributed by atoms with Crippen molar-refractivity contribution < 1.29 is 9.53 Å². The molecule has 1 unspecified atom stereocenters. The summed E-state index contributed by atoms with van der Waals surface area (Å²) >= 11 is 0. The van der Waals surface area contributed by atoms with Gasteiger partial charge in [-0.25, -0.2) is 0 Å². The minimum Gasteiger partial charge on any atom is -0.378 e. The van der Waals surface area contributed by atoms with E-state index in [1.807, 2.05) is 19.1 Å². The highest BCUT2D eigenvalue weighted by molar-refractivity contribution is 5.98. The Morgan fingerprint density at radius 3 is 2.89 bits per heavy atom. The number of benzene rings is 1. The van der Waals surface area contributed by atoms with E-state index in [1.165, 1.54) is 5.56 Å². The first-order chi connectivity index (χ1) is 9.08. The van der Waals surface area contributed by atoms with Gasteiger partial charge in [0.05, 0.1) is 13.2 Å². The fraction of sp³-hybridized carbons (Fsp3) is 0.562. The van der Waals surface area contributed by atoms with Crippen molar-refractivity contribution in [1.29, 1.82) is 0 Å². The third-order valence-electron chi connectivity index (χ3n) is 3.66. The standard InChI is InChI=1S/C16H23NO2/c1-11(2)13-5-4-12(3)15(8-13)16(18)9-14-10-19-7-6-17-14/h4-5,8,11,14,17H,6-7,9-10H2,1-3H3. The van der Waals surface area contributed by atoms with E-state index in [9.17, 15) is 4.79 Å². The van der Waals surface area contributed by atoms with Gasteiger partial charge in [0.25, 0.3) is 0 Å². The Hall–Kier alpha value is -1.19. The third kappa shape index (κ3) is 3.64. The fourth-order valence-corrected chi connectivity index (χ4v) is 2.38. The number of carbonyl (C=O) groups excluding carboxylic acids is 1. The van der Waals surface area contributed by atoms with Crippen LogP contribution < -0.4 is 5.32 Å². The Morgan fingerprint density at radius 2 is 2.26 bits per heavy atom. The molecular weight excluding hydrogens is 238 g/mol. The molecule has 19 heavy (non-hydrogen) atoms. The summed E-state index contributed by atoms with van der Waals surface area (Å²) in [4.78, 5) is 12.4. The molecule has 104 valence electrons. The summed E-state index contributed by atoms with van der Waals surface area (Å²) in [6, 6.07) is 6.36. The summed E-state index contributed by atoms with van der Waals surface area (Å²) in [5, 5.41) is 3.33. The van der Waals surface area contributed by atoms with E-state index in [0.29, 0.717) is 18.9 Å². The molecule has 1 atom stereocenters. The van der Waals surface area contributed by atoms with E-state index >= 15 is 0 Å². The van der Waals surface area contributed by atoms with Crippen LogP contribution in [0, 0.1) is 6.92 Å². The maximum absolute atomic E-state index is 12.4. The minimum atomic E-state index is 0.156. The number of hydrogen-bond acceptors (Lipinski definition) is 3. The lowest BCUT2D eigenvalue weighted by Gasteiger charge is -2.23. The highest BCUT2D eigenvalue weighted by Crippen LogP contribution is 2.20. The zero-order chi connectivity index (χ0) is 13.8. The average Bonchev–Trinajstić information content (AvgIpc) is 2.40. The summed E-state index contributed by atoms with van der Waals surface area (Å²) in [6.07, 6.45) is 0.516. The molecule has 1 aromatic carbocycles. The van der Waals surface area contributed by atoms with Gasteiger partial charge in [-0.3, -0.25) is 4.79 Å². The van der Waals surface area contributed by atoms with Gasteiger partial charge in [0.1, 0.15) is 0 Å². The van der Waals surface area contributed by atoms with Gasteiger partial charge in [0.2, 0.25) is 0 Å². The molecule has 0 radical (unpaired) electrons. The quantitative estimate of drug-likeness (QED) is 0.847. The maximum atomic E-state index is 12.4. The number of morpholine rings is 1. The molecule has 1 heterocycles. The third-order valence-corrected chi connectivity index (χ3v) is 3.66. The Kier molecular flexibility index (Phi) is 4.72. The van der Waals surface area contributed by atoms with Crippen molar-refractivity contribution in [1.82, 2.24) is 5.32 Å². The lowest BCUT2D eigenvalue weighted by molar-refractivity contribution is 0.0675. The largest absolute Gasteiger partial charge is 0.378 e. The molecular formula is C16H23NO2. The second-order valence-electron chi connectivity index (χ2n) is 5.58. The van der Waals surface area contributed by atoms with Gasteiger partial charge in [0.15, 0.2) is 5.78 Å². The molecule has 0 aromatic heterocycles. The molecule has 1 aromatic rings. The van der Waals surface area contributed by atoms with Crippen molar-refractivity contribution in [3.63, 3.8) is 0 Å². The van der Waals surface area contributed by atoms with Gasteiger partial charge in [-0.1, -0.05) is 26.0 Å². The summed E-state index contributed by atoms with van der Waals surface area (Å²) in [7, 11) is 0. The SMILES string of the molecule is Cc1ccc(C(C)C)cc1C(=O)CC1COCCN1. The predicted octanol–water partition coefficient (Wildman–Crippen LogP) is 2.68. The fourth-order valence-electron chi connectivity index (χ4n) is 2.38. The average molecular weight is 261 g/mol. The monoisotopic (exact) mass is 261 g/mol. The molecule has 0 saturated carbocycles. The van der Waals surface area contributed by atoms with Crippen LogP contribution >= 0.6 is 0 Å². The summed E-state index contributed by atoms with van der Waals surface area (Å²) in [5.74, 6) is 0.659. The number of rotatable bonds is 4. The summed E-state index contributed by atoms with van der Waals surface area (Å²) in [6.45, 7) is 8.51. The molecule has 0 spiro atoms. The van der Waals surface area contributed by atoms with Crippen LogP contribution in [0.5, 0.6) is 0 Å². The van der Waals surface area contributed by atoms with E-state index in [-0.39, 0.29) is 11.8 Å². The van der Waals surface area contributed by atoms with Gasteiger partial charge in [-0.2, -0.15) is 0 Å². The van der Waals surface area contributed by atoms with E-state index < -0.39 is 0 Å². The topological polar surface area (TPSA) is 38.3 Å². The van der Waals surface area contributed by atoms with Crippen LogP contribution in [-0.4, -0.2) is 31.6 Å². The molecule has 0 aliphatic carbocycles. The smallest absolute Gasteiger partial charge is 0.164 e. The highest BCUT2D eigenvalue weighted by Gasteiger charge is 2.19. The molecule has 1 aliphatic heterocycles. The zero-order valence-corrected chi connectivity index (χ0v) is 12.0. The van der Waals surface area contributed by atoms with Crippen LogP contribution in [-0.2, 0) is 4.74 Å². The summed E-state index contributed by atoms with van der Waals surface area (Å²) < 4.78 is 5.40. The van der Waals surface area contributed by atoms with E-state index in [2.05, 4.69) is 25.2 Å². The predicted molar refractivity (Wildman–Crippen MR) is 76.8 cm³/mol. The Morgan fingerprint density at radius 1 is 1.47 bits per heavy atom. The molecule has 1 N–H and O–H groups in total. The lowest BCUT2D eigenvalue weighted by atomic mass is 9.93. The highest BCUT2D eigenvalue weighted by atomic mass is 16.5. The van der Waals surface area contributed by atoms with E-state index in [4.69, 9.17) is 4.74 Å². The van der Waals surface area contributed by atoms with Crippen LogP contribution in [0.15, 0.2) is 18.2 Å². The number of ether oxygens (including phenoxy) is 1. The molecule has 1 fully saturated rings. The second-order valence-corrected chi connectivity index (χ2v) is 5.58. The number of Topliss-reactive ketones (excluding diaryl/α,β-unsaturated/α-hetero) is 1. The first-order valence-corrected chi connectivity index (χ1v) is 7.03. The number of hydrogen-bond donors (Lipinski definition) is 1. The van der Waals surface area contributed by atoms with Gasteiger partial charge in [-0.05, 0) is 30.0 Å². The molecule has 3 heteroatoms.